The minimum absolute atomic E-state index is 0.285. The molecule has 53 heavy (non-hydrogen) atoms. The van der Waals surface area contributed by atoms with E-state index in [9.17, 15) is 4.79 Å². The number of hydrogen-bond acceptors (Lipinski definition) is 2. The molecule has 0 rings (SSSR count). The van der Waals surface area contributed by atoms with Crippen LogP contribution in [-0.2, 0) is 0 Å². The van der Waals surface area contributed by atoms with Crippen molar-refractivity contribution >= 4 is 6.03 Å². The summed E-state index contributed by atoms with van der Waals surface area (Å²) < 4.78 is 0. The summed E-state index contributed by atoms with van der Waals surface area (Å²) >= 11 is 0. The molecule has 0 saturated heterocycles. The number of nitrogens with two attached hydrogens (primary N) is 1. The van der Waals surface area contributed by atoms with Gasteiger partial charge in [-0.15, -0.1) is 0 Å². The van der Waals surface area contributed by atoms with E-state index in [0.717, 1.165) is 25.2 Å². The van der Waals surface area contributed by atoms with Gasteiger partial charge in [0.25, 0.3) is 0 Å². The molecule has 0 aliphatic heterocycles. The summed E-state index contributed by atoms with van der Waals surface area (Å²) in [5, 5.41) is 11.2. The van der Waals surface area contributed by atoms with Gasteiger partial charge in [-0.2, -0.15) is 0 Å². The Hall–Kier alpha value is -0.770. The molecule has 4 heteroatoms. The van der Waals surface area contributed by atoms with Gasteiger partial charge in [-0.05, 0) is 49.4 Å². The summed E-state index contributed by atoms with van der Waals surface area (Å²) in [6.07, 6.45) is 43.1. The number of rotatable bonds is 35. The van der Waals surface area contributed by atoms with Crippen LogP contribution < -0.4 is 11.1 Å². The van der Waals surface area contributed by atoms with E-state index in [4.69, 9.17) is 10.8 Å². The third-order valence-electron chi connectivity index (χ3n) is 10.3. The minimum Gasteiger partial charge on any atom is -0.396 e. The zero-order chi connectivity index (χ0) is 40.9. The Morgan fingerprint density at radius 2 is 0.811 bits per heavy atom. The van der Waals surface area contributed by atoms with Crippen LogP contribution in [0.4, 0.5) is 4.79 Å². The lowest BCUT2D eigenvalue weighted by molar-refractivity contribution is 0.243. The summed E-state index contributed by atoms with van der Waals surface area (Å²) in [6, 6.07) is -0.0627. The second-order valence-corrected chi connectivity index (χ2v) is 17.7. The van der Waals surface area contributed by atoms with Gasteiger partial charge in [0.2, 0.25) is 0 Å². The van der Waals surface area contributed by atoms with Crippen LogP contribution >= 0.6 is 0 Å². The topological polar surface area (TPSA) is 75.3 Å². The first-order valence-electron chi connectivity index (χ1n) is 24.1. The molecule has 4 nitrogen and oxygen atoms in total. The van der Waals surface area contributed by atoms with Gasteiger partial charge in [-0.1, -0.05) is 250 Å². The molecule has 0 aliphatic rings. The Kier molecular flexibility index (Phi) is 54.8. The number of unbranched alkanes of at least 4 members (excludes halogenated alkanes) is 24. The first kappa shape index (κ1) is 58.9. The average molecular weight is 755 g/mol. The highest BCUT2D eigenvalue weighted by Gasteiger charge is 2.17. The van der Waals surface area contributed by atoms with Gasteiger partial charge < -0.3 is 16.2 Å². The normalized spacial score (nSPS) is 11.2. The van der Waals surface area contributed by atoms with Crippen molar-refractivity contribution in [2.24, 2.45) is 23.0 Å². The quantitative estimate of drug-likeness (QED) is 0.0564. The van der Waals surface area contributed by atoms with E-state index in [-0.39, 0.29) is 12.1 Å². The number of aliphatic hydroxyl groups is 1. The Morgan fingerprint density at radius 3 is 1.02 bits per heavy atom. The van der Waals surface area contributed by atoms with Crippen LogP contribution in [0.5, 0.6) is 0 Å². The van der Waals surface area contributed by atoms with Crippen LogP contribution in [0.25, 0.3) is 0 Å². The molecule has 0 radical (unpaired) electrons. The second-order valence-electron chi connectivity index (χ2n) is 17.7. The highest BCUT2D eigenvalue weighted by molar-refractivity contribution is 5.71. The average Bonchev–Trinajstić information content (AvgIpc) is 3.09. The number of urea groups is 1. The van der Waals surface area contributed by atoms with Crippen molar-refractivity contribution in [2.75, 3.05) is 6.61 Å². The van der Waals surface area contributed by atoms with E-state index in [1.165, 1.54) is 186 Å². The van der Waals surface area contributed by atoms with E-state index >= 15 is 0 Å². The Labute approximate surface area is 337 Å². The van der Waals surface area contributed by atoms with Crippen LogP contribution in [0.2, 0.25) is 0 Å². The van der Waals surface area contributed by atoms with Gasteiger partial charge in [0.05, 0.1) is 0 Å². The second kappa shape index (κ2) is 49.2. The number of hydrogen-bond donors (Lipinski definition) is 3. The van der Waals surface area contributed by atoms with Crippen LogP contribution in [0.15, 0.2) is 0 Å². The molecule has 2 amide bonds. The molecule has 0 aliphatic carbocycles. The Bertz CT molecular complexity index is 618. The molecule has 0 atom stereocenters. The maximum absolute atomic E-state index is 11.4. The van der Waals surface area contributed by atoms with Crippen molar-refractivity contribution in [2.45, 2.75) is 288 Å². The molecule has 324 valence electrons. The summed E-state index contributed by atoms with van der Waals surface area (Å²) in [4.78, 5) is 11.4. The molecule has 0 aromatic carbocycles. The van der Waals surface area contributed by atoms with Gasteiger partial charge in [0.15, 0.2) is 0 Å². The molecule has 4 N–H and O–H groups in total. The maximum atomic E-state index is 11.4. The first-order chi connectivity index (χ1) is 25.4. The van der Waals surface area contributed by atoms with E-state index in [2.05, 4.69) is 67.6 Å². The van der Waals surface area contributed by atoms with Crippen LogP contribution in [-0.4, -0.2) is 23.8 Å². The minimum atomic E-state index is -0.348. The summed E-state index contributed by atoms with van der Waals surface area (Å²) in [5.41, 5.74) is 6.00. The number of carbonyl (C=O) groups is 1. The Balaban J connectivity index is -0.000000545. The van der Waals surface area contributed by atoms with Gasteiger partial charge in [0.1, 0.15) is 0 Å². The zero-order valence-electron chi connectivity index (χ0n) is 39.0. The summed E-state index contributed by atoms with van der Waals surface area (Å²) in [5.74, 6) is 1.50. The lowest BCUT2D eigenvalue weighted by atomic mass is 9.80. The third kappa shape index (κ3) is 60.7. The lowest BCUT2D eigenvalue weighted by Crippen LogP contribution is -2.38. The number of nitrogens with one attached hydrogen (secondary N) is 1. The maximum Gasteiger partial charge on any atom is 0.312 e. The van der Waals surface area contributed by atoms with Crippen LogP contribution in [0.3, 0.4) is 0 Å². The van der Waals surface area contributed by atoms with Crippen LogP contribution in [0.1, 0.15) is 282 Å². The monoisotopic (exact) mass is 755 g/mol. The van der Waals surface area contributed by atoms with Crippen molar-refractivity contribution < 1.29 is 9.90 Å². The van der Waals surface area contributed by atoms with Crippen molar-refractivity contribution in [3.05, 3.63) is 0 Å². The summed E-state index contributed by atoms with van der Waals surface area (Å²) in [6.45, 7) is 24.7. The lowest BCUT2D eigenvalue weighted by Gasteiger charge is -2.25. The third-order valence-corrected chi connectivity index (χ3v) is 10.3. The number of primary amides is 1. The highest BCUT2D eigenvalue weighted by atomic mass is 16.3. The fourth-order valence-electron chi connectivity index (χ4n) is 7.45. The number of amides is 2. The number of aliphatic hydroxyl groups excluding tert-OH is 1. The van der Waals surface area contributed by atoms with Crippen LogP contribution in [0, 0.1) is 17.3 Å². The highest BCUT2D eigenvalue weighted by Crippen LogP contribution is 2.30. The van der Waals surface area contributed by atoms with Gasteiger partial charge in [-0.3, -0.25) is 0 Å². The SMILES string of the molecule is CC.CC(C)CCO.CCCC(C)(C)CC(C)C.CCCCCCCCCCCCCCCC(CCCCCCCCCCCCCCC)NC(N)=O. The smallest absolute Gasteiger partial charge is 0.312 e. The van der Waals surface area contributed by atoms with Crippen molar-refractivity contribution in [3.8, 4) is 0 Å². The molecule has 0 aromatic rings. The van der Waals surface area contributed by atoms with Crippen molar-refractivity contribution in [1.82, 2.24) is 5.32 Å². The molecule has 0 fully saturated rings. The van der Waals surface area contributed by atoms with E-state index in [1.807, 2.05) is 13.8 Å². The molecular weight excluding hydrogens is 649 g/mol. The number of carbonyl (C=O) groups excluding carboxylic acids is 1. The Morgan fingerprint density at radius 1 is 0.509 bits per heavy atom. The fraction of sp³-hybridized carbons (Fsp3) is 0.980. The largest absolute Gasteiger partial charge is 0.396 e. The standard InChI is InChI=1S/C32H66N2O.C10H22.C5H12O.C2H6/c1-3-5-7-9-11-13-15-17-19-21-23-25-27-29-31(34-32(33)35)30-28-26-24-22-20-18-16-14-12-10-8-6-4-2;1-6-7-10(4,5)8-9(2)3;1-5(2)3-4-6;1-2/h31H,3-30H2,1-2H3,(H3,33,34,35);9H,6-8H2,1-5H3;5-6H,3-4H2,1-2H3;1-2H3. The fourth-order valence-corrected chi connectivity index (χ4v) is 7.45. The van der Waals surface area contributed by atoms with Gasteiger partial charge >= 0.3 is 6.03 Å². The van der Waals surface area contributed by atoms with E-state index < -0.39 is 0 Å². The zero-order valence-corrected chi connectivity index (χ0v) is 39.0. The van der Waals surface area contributed by atoms with Crippen molar-refractivity contribution in [3.63, 3.8) is 0 Å². The predicted octanol–water partition coefficient (Wildman–Crippen LogP) is 16.9. The first-order valence-corrected chi connectivity index (χ1v) is 24.1. The molecule has 0 unspecified atom stereocenters. The molecule has 0 saturated carbocycles. The van der Waals surface area contributed by atoms with Gasteiger partial charge in [0, 0.05) is 12.6 Å². The van der Waals surface area contributed by atoms with Crippen molar-refractivity contribution in [1.29, 1.82) is 0 Å². The van der Waals surface area contributed by atoms with Gasteiger partial charge in [-0.25, -0.2) is 4.79 Å². The molecular formula is C49H106N2O2. The molecule has 0 bridgehead atoms. The van der Waals surface area contributed by atoms with E-state index in [1.54, 1.807) is 0 Å². The predicted molar refractivity (Wildman–Crippen MR) is 243 cm³/mol. The molecule has 0 spiro atoms. The molecule has 0 heterocycles. The summed E-state index contributed by atoms with van der Waals surface area (Å²) in [7, 11) is 0. The molecule has 0 aromatic heterocycles. The van der Waals surface area contributed by atoms with E-state index in [0.29, 0.717) is 17.9 Å².